The molecule has 0 atom stereocenters. The number of nitrogens with two attached hydrogens (primary N) is 1. The lowest BCUT2D eigenvalue weighted by Crippen LogP contribution is -2.38. The molecule has 0 unspecified atom stereocenters. The maximum absolute atomic E-state index is 6.13. The second kappa shape index (κ2) is 4.88. The molecule has 1 heterocycles. The van der Waals surface area contributed by atoms with Crippen molar-refractivity contribution < 1.29 is 0 Å². The monoisotopic (exact) mass is 274 g/mol. The molecule has 0 bridgehead atoms. The van der Waals surface area contributed by atoms with Gasteiger partial charge in [0.1, 0.15) is 5.01 Å². The predicted octanol–water partition coefficient (Wildman–Crippen LogP) is 4.01. The Morgan fingerprint density at radius 2 is 2.11 bits per heavy atom. The van der Waals surface area contributed by atoms with Crippen LogP contribution in [0.2, 0.25) is 0 Å². The third-order valence-corrected chi connectivity index (χ3v) is 5.88. The van der Waals surface area contributed by atoms with Gasteiger partial charge < -0.3 is 5.73 Å². The summed E-state index contributed by atoms with van der Waals surface area (Å²) in [7, 11) is 0. The first-order valence-corrected chi connectivity index (χ1v) is 8.02. The van der Waals surface area contributed by atoms with Crippen LogP contribution in [0.25, 0.3) is 10.2 Å². The van der Waals surface area contributed by atoms with Gasteiger partial charge in [-0.3, -0.25) is 0 Å². The molecule has 1 aliphatic carbocycles. The molecular weight excluding hydrogens is 252 g/mol. The Morgan fingerprint density at radius 3 is 2.79 bits per heavy atom. The number of benzene rings is 1. The van der Waals surface area contributed by atoms with Crippen molar-refractivity contribution in [2.24, 2.45) is 11.7 Å². The maximum Gasteiger partial charge on any atom is 0.101 e. The average molecular weight is 274 g/mol. The lowest BCUT2D eigenvalue weighted by molar-refractivity contribution is 0.247. The van der Waals surface area contributed by atoms with E-state index in [1.807, 2.05) is 11.3 Å². The second-order valence-electron chi connectivity index (χ2n) is 6.16. The van der Waals surface area contributed by atoms with Gasteiger partial charge in [-0.25, -0.2) is 4.98 Å². The topological polar surface area (TPSA) is 38.9 Å². The number of hydrogen-bond donors (Lipinski definition) is 1. The molecule has 1 fully saturated rings. The fourth-order valence-electron chi connectivity index (χ4n) is 3.08. The summed E-state index contributed by atoms with van der Waals surface area (Å²) in [5.41, 5.74) is 8.72. The van der Waals surface area contributed by atoms with Gasteiger partial charge in [-0.15, -0.1) is 11.3 Å². The van der Waals surface area contributed by atoms with Crippen molar-refractivity contribution in [2.75, 3.05) is 6.54 Å². The van der Waals surface area contributed by atoms with Crippen LogP contribution in [0.5, 0.6) is 0 Å². The van der Waals surface area contributed by atoms with Crippen molar-refractivity contribution in [1.82, 2.24) is 4.98 Å². The Labute approximate surface area is 119 Å². The molecule has 2 N–H and O–H groups in total. The van der Waals surface area contributed by atoms with E-state index < -0.39 is 0 Å². The summed E-state index contributed by atoms with van der Waals surface area (Å²) in [6.07, 6.45) is 4.96. The molecule has 1 saturated carbocycles. The number of thiazole rings is 1. The van der Waals surface area contributed by atoms with Gasteiger partial charge in [0.15, 0.2) is 0 Å². The Bertz CT molecular complexity index is 579. The molecule has 1 aromatic carbocycles. The molecule has 2 aromatic rings. The van der Waals surface area contributed by atoms with Gasteiger partial charge in [-0.05, 0) is 56.2 Å². The summed E-state index contributed by atoms with van der Waals surface area (Å²) in [5, 5.41) is 1.27. The molecule has 0 spiro atoms. The van der Waals surface area contributed by atoms with Crippen molar-refractivity contribution in [3.05, 3.63) is 28.8 Å². The first-order chi connectivity index (χ1) is 9.13. The van der Waals surface area contributed by atoms with Crippen molar-refractivity contribution >= 4 is 21.6 Å². The Balaban J connectivity index is 2.01. The van der Waals surface area contributed by atoms with Crippen LogP contribution >= 0.6 is 11.3 Å². The first-order valence-electron chi connectivity index (χ1n) is 7.21. The molecular formula is C16H22N2S. The summed E-state index contributed by atoms with van der Waals surface area (Å²) in [4.78, 5) is 4.88. The van der Waals surface area contributed by atoms with Gasteiger partial charge in [0.2, 0.25) is 0 Å². The highest BCUT2D eigenvalue weighted by molar-refractivity contribution is 7.18. The van der Waals surface area contributed by atoms with Crippen molar-refractivity contribution in [3.63, 3.8) is 0 Å². The molecule has 3 heteroatoms. The van der Waals surface area contributed by atoms with Crippen LogP contribution in [0.3, 0.4) is 0 Å². The highest BCUT2D eigenvalue weighted by atomic mass is 32.1. The number of nitrogens with zero attached hydrogens (tertiary/aromatic N) is 1. The fraction of sp³-hybridized carbons (Fsp3) is 0.562. The minimum atomic E-state index is 0.143. The highest BCUT2D eigenvalue weighted by Crippen LogP contribution is 2.43. The number of rotatable bonds is 2. The van der Waals surface area contributed by atoms with E-state index in [9.17, 15) is 0 Å². The second-order valence-corrected chi connectivity index (χ2v) is 7.19. The van der Waals surface area contributed by atoms with E-state index in [0.29, 0.717) is 0 Å². The van der Waals surface area contributed by atoms with E-state index in [-0.39, 0.29) is 5.41 Å². The summed E-state index contributed by atoms with van der Waals surface area (Å²) in [6.45, 7) is 5.22. The molecule has 2 nitrogen and oxygen atoms in total. The Hall–Kier alpha value is -0.930. The van der Waals surface area contributed by atoms with Crippen molar-refractivity contribution in [1.29, 1.82) is 0 Å². The SMILES string of the molecule is Cc1ccc2nc(C3(CN)CCC(C)CC3)sc2c1. The average Bonchev–Trinajstić information content (AvgIpc) is 2.83. The van der Waals surface area contributed by atoms with Gasteiger partial charge in [0.05, 0.1) is 10.2 Å². The van der Waals surface area contributed by atoms with Crippen LogP contribution in [0, 0.1) is 12.8 Å². The molecule has 102 valence electrons. The zero-order valence-corrected chi connectivity index (χ0v) is 12.6. The highest BCUT2D eigenvalue weighted by Gasteiger charge is 2.37. The van der Waals surface area contributed by atoms with Crippen LogP contribution in [0.1, 0.15) is 43.2 Å². The fourth-order valence-corrected chi connectivity index (χ4v) is 4.40. The Morgan fingerprint density at radius 1 is 1.37 bits per heavy atom. The minimum Gasteiger partial charge on any atom is -0.329 e. The normalized spacial score (nSPS) is 27.8. The van der Waals surface area contributed by atoms with Crippen LogP contribution in [-0.2, 0) is 5.41 Å². The van der Waals surface area contributed by atoms with Gasteiger partial charge >= 0.3 is 0 Å². The van der Waals surface area contributed by atoms with Gasteiger partial charge in [-0.1, -0.05) is 13.0 Å². The van der Waals surface area contributed by atoms with Crippen molar-refractivity contribution in [3.8, 4) is 0 Å². The van der Waals surface area contributed by atoms with Gasteiger partial charge in [0.25, 0.3) is 0 Å². The molecule has 0 aliphatic heterocycles. The standard InChI is InChI=1S/C16H22N2S/c1-11-5-7-16(10-17,8-6-11)15-18-13-4-3-12(2)9-14(13)19-15/h3-4,9,11H,5-8,10,17H2,1-2H3. The molecule has 0 radical (unpaired) electrons. The van der Waals surface area contributed by atoms with Crippen molar-refractivity contribution in [2.45, 2.75) is 44.9 Å². The number of hydrogen-bond acceptors (Lipinski definition) is 3. The molecule has 0 saturated heterocycles. The van der Waals surface area contributed by atoms with E-state index in [0.717, 1.165) is 18.0 Å². The van der Waals surface area contributed by atoms with E-state index in [1.54, 1.807) is 0 Å². The van der Waals surface area contributed by atoms with Crippen LogP contribution in [0.15, 0.2) is 18.2 Å². The third kappa shape index (κ3) is 2.30. The smallest absolute Gasteiger partial charge is 0.101 e. The number of aryl methyl sites for hydroxylation is 1. The van der Waals surface area contributed by atoms with E-state index in [1.165, 1.54) is 41.0 Å². The van der Waals surface area contributed by atoms with E-state index in [4.69, 9.17) is 10.7 Å². The summed E-state index contributed by atoms with van der Waals surface area (Å²) >= 11 is 1.85. The van der Waals surface area contributed by atoms with Crippen LogP contribution in [-0.4, -0.2) is 11.5 Å². The summed E-state index contributed by atoms with van der Waals surface area (Å²) < 4.78 is 1.31. The first kappa shape index (κ1) is 13.1. The van der Waals surface area contributed by atoms with Crippen LogP contribution < -0.4 is 5.73 Å². The quantitative estimate of drug-likeness (QED) is 0.898. The number of fused-ring (bicyclic) bond motifs is 1. The van der Waals surface area contributed by atoms with E-state index in [2.05, 4.69) is 32.0 Å². The minimum absolute atomic E-state index is 0.143. The number of aromatic nitrogens is 1. The van der Waals surface area contributed by atoms with Crippen LogP contribution in [0.4, 0.5) is 0 Å². The summed E-state index contributed by atoms with van der Waals surface area (Å²) in [5.74, 6) is 0.844. The molecule has 19 heavy (non-hydrogen) atoms. The zero-order valence-electron chi connectivity index (χ0n) is 11.8. The van der Waals surface area contributed by atoms with Gasteiger partial charge in [-0.2, -0.15) is 0 Å². The molecule has 1 aromatic heterocycles. The largest absolute Gasteiger partial charge is 0.329 e. The lowest BCUT2D eigenvalue weighted by atomic mass is 9.71. The summed E-state index contributed by atoms with van der Waals surface area (Å²) in [6, 6.07) is 6.52. The zero-order chi connectivity index (χ0) is 13.5. The maximum atomic E-state index is 6.13. The Kier molecular flexibility index (Phi) is 3.35. The lowest BCUT2D eigenvalue weighted by Gasteiger charge is -2.36. The molecule has 1 aliphatic rings. The van der Waals surface area contributed by atoms with E-state index >= 15 is 0 Å². The predicted molar refractivity (Wildman–Crippen MR) is 82.7 cm³/mol. The third-order valence-electron chi connectivity index (χ3n) is 4.62. The molecule has 3 rings (SSSR count). The molecule has 0 amide bonds. The van der Waals surface area contributed by atoms with Gasteiger partial charge in [0, 0.05) is 12.0 Å².